The van der Waals surface area contributed by atoms with Crippen LogP contribution in [0.2, 0.25) is 0 Å². The van der Waals surface area contributed by atoms with Gasteiger partial charge < -0.3 is 11.1 Å². The highest BCUT2D eigenvalue weighted by Gasteiger charge is 2.11. The average Bonchev–Trinajstić information content (AvgIpc) is 3.47. The molecule has 1 amide bonds. The Hall–Kier alpha value is -4.55. The molecule has 0 aliphatic rings. The van der Waals surface area contributed by atoms with Gasteiger partial charge in [0, 0.05) is 28.4 Å². The van der Waals surface area contributed by atoms with Crippen molar-refractivity contribution in [3.8, 4) is 17.5 Å². The van der Waals surface area contributed by atoms with Crippen LogP contribution in [-0.2, 0) is 0 Å². The molecule has 2 aromatic carbocycles. The fourth-order valence-corrected chi connectivity index (χ4v) is 4.03. The van der Waals surface area contributed by atoms with E-state index >= 15 is 0 Å². The van der Waals surface area contributed by atoms with E-state index in [2.05, 4.69) is 32.2 Å². The number of fused-ring (bicyclic) bond motifs is 1. The van der Waals surface area contributed by atoms with Crippen LogP contribution in [0, 0.1) is 17.7 Å². The maximum Gasteiger partial charge on any atom is 0.276 e. The zero-order valence-corrected chi connectivity index (χ0v) is 17.8. The number of rotatable bonds is 3. The Bertz CT molecular complexity index is 1540. The number of anilines is 2. The van der Waals surface area contributed by atoms with E-state index in [1.807, 2.05) is 11.4 Å². The molecule has 0 radical (unpaired) electrons. The van der Waals surface area contributed by atoms with Crippen LogP contribution in [0.5, 0.6) is 0 Å². The number of hydrogen-bond donors (Lipinski definition) is 2. The second-order valence-electron chi connectivity index (χ2n) is 7.00. The molecule has 5 rings (SSSR count). The lowest BCUT2D eigenvalue weighted by Crippen LogP contribution is -2.13. The van der Waals surface area contributed by atoms with E-state index in [0.29, 0.717) is 17.2 Å². The Morgan fingerprint density at radius 1 is 1.09 bits per heavy atom. The lowest BCUT2D eigenvalue weighted by Gasteiger charge is -2.04. The van der Waals surface area contributed by atoms with Crippen LogP contribution < -0.4 is 11.1 Å². The van der Waals surface area contributed by atoms with Crippen molar-refractivity contribution in [3.63, 3.8) is 0 Å². The summed E-state index contributed by atoms with van der Waals surface area (Å²) in [7, 11) is 0. The van der Waals surface area contributed by atoms with Crippen molar-refractivity contribution in [2.75, 3.05) is 11.1 Å². The molecule has 3 aromatic heterocycles. The first kappa shape index (κ1) is 20.4. The Morgan fingerprint density at radius 2 is 1.94 bits per heavy atom. The molecule has 3 N–H and O–H groups in total. The van der Waals surface area contributed by atoms with Crippen molar-refractivity contribution in [2.24, 2.45) is 0 Å². The van der Waals surface area contributed by atoms with E-state index in [9.17, 15) is 9.18 Å². The standard InChI is InChI=1S/C24H15FN6OS/c25-17-6-8-19(9-7-17)31-11-10-20(30-31)23(32)29-18-3-1-2-15(12-18)4-5-16-13-33-24-21(16)22(26)27-14-28-24/h1-3,6-14H,(H,29,32)(H2,26,27,28). The van der Waals surface area contributed by atoms with Crippen molar-refractivity contribution >= 4 is 39.0 Å². The molecule has 3 heterocycles. The third-order valence-electron chi connectivity index (χ3n) is 4.77. The third-order valence-corrected chi connectivity index (χ3v) is 5.66. The molecule has 0 unspecified atom stereocenters. The lowest BCUT2D eigenvalue weighted by atomic mass is 10.1. The summed E-state index contributed by atoms with van der Waals surface area (Å²) in [5.41, 5.74) is 8.92. The number of nitrogens with one attached hydrogen (secondary N) is 1. The molecule has 0 saturated carbocycles. The molecule has 0 bridgehead atoms. The molecule has 0 fully saturated rings. The predicted octanol–water partition coefficient (Wildman–Crippen LogP) is 4.25. The maximum absolute atomic E-state index is 13.1. The van der Waals surface area contributed by atoms with E-state index in [1.54, 1.807) is 42.6 Å². The largest absolute Gasteiger partial charge is 0.383 e. The van der Waals surface area contributed by atoms with Crippen molar-refractivity contribution in [2.45, 2.75) is 0 Å². The summed E-state index contributed by atoms with van der Waals surface area (Å²) in [4.78, 5) is 21.7. The van der Waals surface area contributed by atoms with Gasteiger partial charge in [-0.2, -0.15) is 5.10 Å². The molecule has 0 spiro atoms. The summed E-state index contributed by atoms with van der Waals surface area (Å²) in [6.45, 7) is 0. The monoisotopic (exact) mass is 454 g/mol. The number of halogens is 1. The number of carbonyl (C=O) groups excluding carboxylic acids is 1. The van der Waals surface area contributed by atoms with Crippen LogP contribution in [0.25, 0.3) is 15.9 Å². The molecule has 9 heteroatoms. The summed E-state index contributed by atoms with van der Waals surface area (Å²) in [6, 6.07) is 14.6. The molecular weight excluding hydrogens is 439 g/mol. The van der Waals surface area contributed by atoms with Gasteiger partial charge in [0.05, 0.1) is 11.1 Å². The van der Waals surface area contributed by atoms with Crippen LogP contribution in [0.15, 0.2) is 72.5 Å². The second-order valence-corrected chi connectivity index (χ2v) is 7.85. The van der Waals surface area contributed by atoms with Gasteiger partial charge in [-0.25, -0.2) is 19.0 Å². The molecule has 33 heavy (non-hydrogen) atoms. The van der Waals surface area contributed by atoms with Crippen LogP contribution in [0.3, 0.4) is 0 Å². The first-order valence-electron chi connectivity index (χ1n) is 9.79. The first-order valence-corrected chi connectivity index (χ1v) is 10.7. The number of nitrogens with zero attached hydrogens (tertiary/aromatic N) is 4. The van der Waals surface area contributed by atoms with Crippen molar-refractivity contribution in [1.82, 2.24) is 19.7 Å². The number of nitrogen functional groups attached to an aromatic ring is 1. The quantitative estimate of drug-likeness (QED) is 0.397. The maximum atomic E-state index is 13.1. The van der Waals surface area contributed by atoms with Crippen LogP contribution in [-0.4, -0.2) is 25.7 Å². The number of benzene rings is 2. The topological polar surface area (TPSA) is 98.7 Å². The Kier molecular flexibility index (Phi) is 5.26. The van der Waals surface area contributed by atoms with Gasteiger partial charge in [-0.1, -0.05) is 17.9 Å². The number of carbonyl (C=O) groups is 1. The van der Waals surface area contributed by atoms with E-state index in [4.69, 9.17) is 5.73 Å². The van der Waals surface area contributed by atoms with Gasteiger partial charge in [0.25, 0.3) is 5.91 Å². The lowest BCUT2D eigenvalue weighted by molar-refractivity contribution is 0.102. The molecule has 0 saturated heterocycles. The highest BCUT2D eigenvalue weighted by atomic mass is 32.1. The van der Waals surface area contributed by atoms with Gasteiger partial charge in [-0.05, 0) is 48.5 Å². The van der Waals surface area contributed by atoms with Gasteiger partial charge in [-0.3, -0.25) is 4.79 Å². The van der Waals surface area contributed by atoms with E-state index < -0.39 is 0 Å². The average molecular weight is 454 g/mol. The number of aromatic nitrogens is 4. The van der Waals surface area contributed by atoms with E-state index in [1.165, 1.54) is 34.5 Å². The van der Waals surface area contributed by atoms with Crippen LogP contribution >= 0.6 is 11.3 Å². The van der Waals surface area contributed by atoms with Crippen molar-refractivity contribution in [3.05, 3.63) is 95.1 Å². The van der Waals surface area contributed by atoms with Crippen molar-refractivity contribution in [1.29, 1.82) is 0 Å². The summed E-state index contributed by atoms with van der Waals surface area (Å²) in [5, 5.41) is 9.73. The third kappa shape index (κ3) is 4.28. The SMILES string of the molecule is Nc1ncnc2scc(C#Cc3cccc(NC(=O)c4ccn(-c5ccc(F)cc5)n4)c3)c12. The van der Waals surface area contributed by atoms with Gasteiger partial charge in [0.15, 0.2) is 5.69 Å². The fourth-order valence-electron chi connectivity index (χ4n) is 3.18. The minimum atomic E-state index is -0.366. The Balaban J connectivity index is 1.34. The highest BCUT2D eigenvalue weighted by Crippen LogP contribution is 2.26. The van der Waals surface area contributed by atoms with Gasteiger partial charge in [-0.15, -0.1) is 11.3 Å². The van der Waals surface area contributed by atoms with Gasteiger partial charge in [0.1, 0.15) is 22.8 Å². The van der Waals surface area contributed by atoms with E-state index in [0.717, 1.165) is 21.3 Å². The normalized spacial score (nSPS) is 10.6. The highest BCUT2D eigenvalue weighted by molar-refractivity contribution is 7.17. The minimum absolute atomic E-state index is 0.232. The van der Waals surface area contributed by atoms with E-state index in [-0.39, 0.29) is 17.4 Å². The Labute approximate surface area is 191 Å². The molecule has 7 nitrogen and oxygen atoms in total. The number of nitrogens with two attached hydrogens (primary N) is 1. The molecule has 160 valence electrons. The van der Waals surface area contributed by atoms with Gasteiger partial charge in [0.2, 0.25) is 0 Å². The van der Waals surface area contributed by atoms with Crippen LogP contribution in [0.4, 0.5) is 15.9 Å². The molecule has 0 aliphatic carbocycles. The first-order chi connectivity index (χ1) is 16.1. The smallest absolute Gasteiger partial charge is 0.276 e. The number of hydrogen-bond acceptors (Lipinski definition) is 6. The second kappa shape index (κ2) is 8.53. The molecular formula is C24H15FN6OS. The summed E-state index contributed by atoms with van der Waals surface area (Å²) in [5.74, 6) is 5.89. The Morgan fingerprint density at radius 3 is 2.79 bits per heavy atom. The molecule has 0 atom stereocenters. The molecule has 5 aromatic rings. The van der Waals surface area contributed by atoms with Gasteiger partial charge >= 0.3 is 0 Å². The van der Waals surface area contributed by atoms with Crippen LogP contribution in [0.1, 0.15) is 21.6 Å². The summed E-state index contributed by atoms with van der Waals surface area (Å²) in [6.07, 6.45) is 3.07. The minimum Gasteiger partial charge on any atom is -0.383 e. The van der Waals surface area contributed by atoms with Crippen molar-refractivity contribution < 1.29 is 9.18 Å². The fraction of sp³-hybridized carbons (Fsp3) is 0. The number of thiophene rings is 1. The summed E-state index contributed by atoms with van der Waals surface area (Å²) < 4.78 is 14.6. The molecule has 0 aliphatic heterocycles. The zero-order valence-electron chi connectivity index (χ0n) is 17.0. The predicted molar refractivity (Wildman–Crippen MR) is 126 cm³/mol. The summed E-state index contributed by atoms with van der Waals surface area (Å²) >= 11 is 1.46. The zero-order chi connectivity index (χ0) is 22.8. The number of amides is 1.